The molecule has 660 valence electrons. The Kier molecular flexibility index (Phi) is 25.7. The first kappa shape index (κ1) is 89.5. The minimum Gasteiger partial charge on any atom is -0.352 e. The molecule has 9 aliphatic rings. The summed E-state index contributed by atoms with van der Waals surface area (Å²) < 4.78 is 107. The third kappa shape index (κ3) is 16.7. The number of carbonyl (C=O) groups excluding carboxylic acids is 3. The molecule has 3 unspecified atom stereocenters. The van der Waals surface area contributed by atoms with Crippen LogP contribution < -0.4 is 31.8 Å². The number of aromatic nitrogens is 6. The maximum atomic E-state index is 15.3. The van der Waals surface area contributed by atoms with Gasteiger partial charge in [0.2, 0.25) is 17.7 Å². The number of amides is 3. The number of thioether (sulfide) groups is 3. The molecule has 125 heavy (non-hydrogen) atoms. The van der Waals surface area contributed by atoms with E-state index in [4.69, 9.17) is 34.8 Å². The van der Waals surface area contributed by atoms with Gasteiger partial charge in [-0.15, -0.1) is 35.3 Å². The number of piperazine rings is 3. The largest absolute Gasteiger partial charge is 0.352 e. The van der Waals surface area contributed by atoms with Gasteiger partial charge in [-0.05, 0) is 179 Å². The Bertz CT molecular complexity index is 6090. The van der Waals surface area contributed by atoms with E-state index in [1.54, 1.807) is 42.1 Å². The van der Waals surface area contributed by atoms with Crippen molar-refractivity contribution in [1.82, 2.24) is 58.1 Å². The molecule has 0 saturated carbocycles. The summed E-state index contributed by atoms with van der Waals surface area (Å²) in [6, 6.07) is 10.8. The first-order valence-electron chi connectivity index (χ1n) is 42.2. The highest BCUT2D eigenvalue weighted by Gasteiger charge is 2.43. The van der Waals surface area contributed by atoms with Crippen molar-refractivity contribution in [2.45, 2.75) is 157 Å². The highest BCUT2D eigenvalue weighted by atomic mass is 35.5. The van der Waals surface area contributed by atoms with Crippen molar-refractivity contribution in [1.29, 1.82) is 0 Å². The van der Waals surface area contributed by atoms with Crippen LogP contribution in [0.25, 0.3) is 66.1 Å². The monoisotopic (exact) mass is 1830 g/mol. The number of carbonyl (C=O) groups is 3. The van der Waals surface area contributed by atoms with Crippen LogP contribution in [0, 0.1) is 55.7 Å². The number of anilines is 3. The highest BCUT2D eigenvalue weighted by Crippen LogP contribution is 2.52. The highest BCUT2D eigenvalue weighted by molar-refractivity contribution is 8.00. The van der Waals surface area contributed by atoms with Gasteiger partial charge in [0, 0.05) is 208 Å². The minimum atomic E-state index is -0.873. The molecule has 3 amide bonds. The Morgan fingerprint density at radius 1 is 0.400 bits per heavy atom. The van der Waals surface area contributed by atoms with Gasteiger partial charge in [0.05, 0.1) is 49.7 Å². The van der Waals surface area contributed by atoms with Crippen molar-refractivity contribution in [3.63, 3.8) is 0 Å². The average molecular weight is 1830 g/mol. The summed E-state index contributed by atoms with van der Waals surface area (Å²) in [5.74, 6) is -1.66. The molecule has 34 heteroatoms. The van der Waals surface area contributed by atoms with Crippen LogP contribution in [0.1, 0.15) is 95.6 Å². The molecule has 0 radical (unpaired) electrons. The molecule has 12 heterocycles. The van der Waals surface area contributed by atoms with Crippen molar-refractivity contribution in [2.75, 3.05) is 130 Å². The first-order chi connectivity index (χ1) is 59.6. The van der Waals surface area contributed by atoms with Gasteiger partial charge in [0.25, 0.3) is 0 Å². The fraction of sp³-hybridized carbons (Fsp3) is 0.440. The maximum Gasteiger partial charge on any atom is 0.350 e. The molecule has 0 N–H and O–H groups in total. The third-order valence-corrected chi connectivity index (χ3v) is 30.2. The van der Waals surface area contributed by atoms with Gasteiger partial charge < -0.3 is 39.2 Å². The molecule has 6 aromatic carbocycles. The molecule has 3 aromatic heterocycles. The van der Waals surface area contributed by atoms with E-state index in [-0.39, 0.29) is 115 Å². The van der Waals surface area contributed by atoms with Gasteiger partial charge in [-0.25, -0.2) is 45.1 Å². The van der Waals surface area contributed by atoms with Crippen LogP contribution in [0.15, 0.2) is 122 Å². The lowest BCUT2D eigenvalue weighted by Crippen LogP contribution is -2.59. The Labute approximate surface area is 747 Å². The number of benzene rings is 6. The fourth-order valence-electron chi connectivity index (χ4n) is 20.1. The molecule has 0 bridgehead atoms. The lowest BCUT2D eigenvalue weighted by Gasteiger charge is -2.45. The zero-order valence-corrected chi connectivity index (χ0v) is 75.6. The summed E-state index contributed by atoms with van der Waals surface area (Å²) in [4.78, 5) is 114. The third-order valence-electron chi connectivity index (χ3n) is 25.6. The van der Waals surface area contributed by atoms with Crippen molar-refractivity contribution in [3.8, 4) is 33.4 Å². The van der Waals surface area contributed by atoms with E-state index >= 15 is 13.2 Å². The molecule has 9 aromatic rings. The van der Waals surface area contributed by atoms with E-state index in [1.807, 2.05) is 100 Å². The summed E-state index contributed by atoms with van der Waals surface area (Å²) in [5, 5.41) is 1.82. The van der Waals surface area contributed by atoms with Crippen molar-refractivity contribution in [2.24, 2.45) is 0 Å². The van der Waals surface area contributed by atoms with E-state index < -0.39 is 46.8 Å². The van der Waals surface area contributed by atoms with Crippen LogP contribution >= 0.6 is 70.1 Å². The number of likely N-dealkylation sites (tertiary alicyclic amines) is 3. The Morgan fingerprint density at radius 3 is 0.912 bits per heavy atom. The molecular weight excluding hydrogens is 1730 g/mol. The van der Waals surface area contributed by atoms with E-state index in [2.05, 4.69) is 54.3 Å². The topological polar surface area (TPSA) is 185 Å². The molecule has 0 spiro atoms. The Hall–Kier alpha value is -8.92. The molecule has 0 aliphatic carbocycles. The fourth-order valence-corrected chi connectivity index (χ4v) is 24.7. The maximum absolute atomic E-state index is 15.3. The summed E-state index contributed by atoms with van der Waals surface area (Å²) in [6.07, 6.45) is 6.52. The number of hydrogen-bond donors (Lipinski definition) is 0. The van der Waals surface area contributed by atoms with Crippen LogP contribution in [-0.2, 0) is 14.4 Å². The quantitative estimate of drug-likeness (QED) is 0.0535. The SMILES string of the molecule is C=CC(=O)N1[C@H](C)CN(c2nc(=O)n3c4c(c(-c5cc(Cl)c(F)cc5F)c(C)cc24)SCC3CN2CC(F)C2)C[C@@H]1C.C=CC(=O)N1[C@H](C)CN(c2nc(=O)n3c4c(c(-c5cc(Cl)c(F)cc5F)c(C)cc24)SCC3CN2CCC2)C[C@@H]1C.C=CC(=O)N1[C@H](C)CN(c2nc(=O)n3c4c(c(-c5cc(Cl)c(F)cc5F)c(C)cc24)SCC3CN2CCCC2)C[C@@H]1C. The molecule has 6 saturated heterocycles. The van der Waals surface area contributed by atoms with Crippen molar-refractivity contribution < 1.29 is 45.1 Å². The summed E-state index contributed by atoms with van der Waals surface area (Å²) in [6.45, 7) is 37.9. The Morgan fingerprint density at radius 2 is 0.664 bits per heavy atom. The minimum absolute atomic E-state index is 0.0959. The van der Waals surface area contributed by atoms with Crippen molar-refractivity contribution >= 4 is 138 Å². The second kappa shape index (κ2) is 36.0. The summed E-state index contributed by atoms with van der Waals surface area (Å²) in [7, 11) is 0. The van der Waals surface area contributed by atoms with E-state index in [0.29, 0.717) is 126 Å². The second-order valence-corrected chi connectivity index (χ2v) is 38.7. The van der Waals surface area contributed by atoms with Gasteiger partial charge in [-0.1, -0.05) is 54.5 Å². The Balaban J connectivity index is 0.000000138. The molecule has 9 aliphatic heterocycles. The summed E-state index contributed by atoms with van der Waals surface area (Å²) in [5.41, 5.74) is 5.52. The van der Waals surface area contributed by atoms with Crippen LogP contribution in [0.2, 0.25) is 15.1 Å². The molecule has 6 fully saturated rings. The lowest BCUT2D eigenvalue weighted by atomic mass is 9.96. The molecular formula is C91H97Cl3F7N15O6S3. The van der Waals surface area contributed by atoms with Gasteiger partial charge in [-0.3, -0.25) is 33.0 Å². The lowest BCUT2D eigenvalue weighted by molar-refractivity contribution is -0.131. The standard InChI is InChI=1S/C31H34ClF2N5O2S.C30H31ClF3N5O2S.C30H32ClF2N5O2S/c1-5-26(40)38-18(3)13-37(14-19(38)4)30-22-10-17(2)27(21-11-23(32)25(34)12-24(21)33)29-28(22)39(31(41)35-30)20(16-42-29)15-36-8-6-7-9-36;1-5-25(40)38-16(3)9-37(10-17(38)4)29-21-6-15(2)26(20-7-22(31)24(34)8-23(20)33)28-27(21)39(30(41)35-29)19(14-42-28)13-36-11-18(32)12-36;1-5-25(39)37-17(3)12-36(13-18(37)4)29-21-9-16(2)26(20-10-22(31)24(33)11-23(20)32)28-27(21)38(30(40)34-29)19(15-41-28)14-35-7-6-8-35/h5,10-12,18-20H,1,6-9,13-16H2,2-4H3;5-8,16-19H,1,9-14H2,2-4H3;5,9-11,17-19H,1,6-8,12-15H2,2-4H3/t18-,19+,20?;16-,17+,19?;17-,18+,19?. The number of alkyl halides is 1. The normalized spacial score (nSPS) is 22.7. The number of aryl methyl sites for hydroxylation is 3. The van der Waals surface area contributed by atoms with Gasteiger partial charge >= 0.3 is 17.1 Å². The number of rotatable bonds is 15. The second-order valence-electron chi connectivity index (χ2n) is 34.4. The number of nitrogens with zero attached hydrogens (tertiary/aromatic N) is 15. The van der Waals surface area contributed by atoms with Crippen LogP contribution in [0.3, 0.4) is 0 Å². The van der Waals surface area contributed by atoms with Crippen LogP contribution in [0.4, 0.5) is 48.2 Å². The van der Waals surface area contributed by atoms with Crippen molar-refractivity contribution in [3.05, 3.63) is 191 Å². The molecule has 18 rings (SSSR count). The predicted octanol–water partition coefficient (Wildman–Crippen LogP) is 16.1. The average Bonchev–Trinajstić information content (AvgIpc) is 0.890. The molecule has 21 nitrogen and oxygen atoms in total. The first-order valence-corrected chi connectivity index (χ1v) is 46.3. The van der Waals surface area contributed by atoms with Gasteiger partial charge in [-0.2, -0.15) is 15.0 Å². The van der Waals surface area contributed by atoms with Gasteiger partial charge in [0.1, 0.15) is 58.5 Å². The zero-order valence-electron chi connectivity index (χ0n) is 70.8. The number of hydrogen-bond acceptors (Lipinski definition) is 18. The van der Waals surface area contributed by atoms with E-state index in [9.17, 15) is 46.3 Å². The van der Waals surface area contributed by atoms with Crippen LogP contribution in [-0.4, -0.2) is 234 Å². The zero-order chi connectivity index (χ0) is 89.1. The molecule has 9 atom stereocenters. The van der Waals surface area contributed by atoms with Gasteiger partial charge in [0.15, 0.2) is 0 Å². The van der Waals surface area contributed by atoms with E-state index in [1.165, 1.54) is 48.2 Å². The smallest absolute Gasteiger partial charge is 0.350 e. The number of halogens is 10. The van der Waals surface area contributed by atoms with E-state index in [0.717, 1.165) is 125 Å². The predicted molar refractivity (Wildman–Crippen MR) is 485 cm³/mol. The van der Waals surface area contributed by atoms with Crippen LogP contribution in [0.5, 0.6) is 0 Å². The summed E-state index contributed by atoms with van der Waals surface area (Å²) >= 11 is 23.0.